The van der Waals surface area contributed by atoms with Crippen LogP contribution in [0.5, 0.6) is 5.75 Å². The zero-order valence-electron chi connectivity index (χ0n) is 18.0. The van der Waals surface area contributed by atoms with Crippen LogP contribution in [-0.4, -0.2) is 37.2 Å². The molecule has 0 spiro atoms. The summed E-state index contributed by atoms with van der Waals surface area (Å²) in [5.74, 6) is -1.46. The van der Waals surface area contributed by atoms with Crippen molar-refractivity contribution in [3.05, 3.63) is 75.6 Å². The average molecular weight is 479 g/mol. The minimum atomic E-state index is -4.57. The van der Waals surface area contributed by atoms with Crippen molar-refractivity contribution in [1.29, 1.82) is 0 Å². The molecule has 0 radical (unpaired) electrons. The number of methoxy groups -OCH3 is 2. The molecule has 0 bridgehead atoms. The van der Waals surface area contributed by atoms with Crippen LogP contribution in [0.2, 0.25) is 0 Å². The van der Waals surface area contributed by atoms with E-state index in [0.29, 0.717) is 16.7 Å². The molecular formula is C23H20F3NO7. The van der Waals surface area contributed by atoms with Gasteiger partial charge in [0.05, 0.1) is 19.8 Å². The zero-order chi connectivity index (χ0) is 25.0. The van der Waals surface area contributed by atoms with Gasteiger partial charge in [-0.25, -0.2) is 9.59 Å². The Labute approximate surface area is 190 Å². The number of benzene rings is 2. The summed E-state index contributed by atoms with van der Waals surface area (Å²) >= 11 is 0. The van der Waals surface area contributed by atoms with Crippen molar-refractivity contribution in [2.24, 2.45) is 0 Å². The monoisotopic (exact) mass is 479 g/mol. The number of esters is 1. The van der Waals surface area contributed by atoms with E-state index in [-0.39, 0.29) is 17.6 Å². The summed E-state index contributed by atoms with van der Waals surface area (Å²) in [6.45, 7) is 0. The van der Waals surface area contributed by atoms with Gasteiger partial charge in [-0.1, -0.05) is 12.1 Å². The Bertz CT molecular complexity index is 1250. The SMILES string of the molecule is COC(=O)[C@H](Cc1cc(=O)oc2cc(OC)ccc12)NC(=O)[C@H](O)c1ccc(C(F)(F)F)cc1. The first-order valence-electron chi connectivity index (χ1n) is 9.87. The van der Waals surface area contributed by atoms with Crippen molar-refractivity contribution in [1.82, 2.24) is 5.32 Å². The summed E-state index contributed by atoms with van der Waals surface area (Å²) in [6, 6.07) is 7.94. The van der Waals surface area contributed by atoms with Crippen molar-refractivity contribution in [2.45, 2.75) is 24.7 Å². The van der Waals surface area contributed by atoms with E-state index < -0.39 is 41.4 Å². The van der Waals surface area contributed by atoms with Crippen LogP contribution in [0.25, 0.3) is 11.0 Å². The number of fused-ring (bicyclic) bond motifs is 1. The van der Waals surface area contributed by atoms with Crippen molar-refractivity contribution >= 4 is 22.8 Å². The molecule has 2 aromatic carbocycles. The first kappa shape index (κ1) is 24.8. The number of ether oxygens (including phenoxy) is 2. The number of carbonyl (C=O) groups is 2. The summed E-state index contributed by atoms with van der Waals surface area (Å²) in [5.41, 5.74) is -1.19. The van der Waals surface area contributed by atoms with Gasteiger partial charge in [-0.05, 0) is 35.4 Å². The van der Waals surface area contributed by atoms with Gasteiger partial charge in [0.25, 0.3) is 5.91 Å². The lowest BCUT2D eigenvalue weighted by Gasteiger charge is -2.20. The predicted octanol–water partition coefficient (Wildman–Crippen LogP) is 2.75. The standard InChI is InChI=1S/C23H20F3NO7/c1-32-15-7-8-16-13(10-19(28)34-18(16)11-15)9-17(22(31)33-2)27-21(30)20(29)12-3-5-14(6-4-12)23(24,25)26/h3-8,10-11,17,20,29H,9H2,1-2H3,(H,27,30)/t17-,20+/m0/s1. The molecule has 8 nitrogen and oxygen atoms in total. The molecular weight excluding hydrogens is 459 g/mol. The molecule has 1 aromatic heterocycles. The molecule has 11 heteroatoms. The molecule has 0 aliphatic rings. The average Bonchev–Trinajstić information content (AvgIpc) is 2.81. The highest BCUT2D eigenvalue weighted by molar-refractivity contribution is 5.88. The van der Waals surface area contributed by atoms with E-state index in [4.69, 9.17) is 13.9 Å². The second kappa shape index (κ2) is 9.96. The Hall–Kier alpha value is -3.86. The quantitative estimate of drug-likeness (QED) is 0.396. The van der Waals surface area contributed by atoms with Gasteiger partial charge < -0.3 is 24.3 Å². The lowest BCUT2D eigenvalue weighted by molar-refractivity contribution is -0.146. The van der Waals surface area contributed by atoms with Crippen molar-refractivity contribution in [3.63, 3.8) is 0 Å². The Kier molecular flexibility index (Phi) is 7.26. The number of alkyl halides is 3. The molecule has 1 amide bonds. The number of halogens is 3. The summed E-state index contributed by atoms with van der Waals surface area (Å²) in [4.78, 5) is 36.9. The smallest absolute Gasteiger partial charge is 0.416 e. The molecule has 2 atom stereocenters. The molecule has 0 aliphatic carbocycles. The molecule has 0 saturated carbocycles. The van der Waals surface area contributed by atoms with E-state index in [0.717, 1.165) is 37.4 Å². The van der Waals surface area contributed by atoms with E-state index >= 15 is 0 Å². The molecule has 1 heterocycles. The van der Waals surface area contributed by atoms with Crippen LogP contribution in [0.3, 0.4) is 0 Å². The number of rotatable bonds is 7. The number of carbonyl (C=O) groups excluding carboxylic acids is 2. The van der Waals surface area contributed by atoms with Crippen molar-refractivity contribution in [2.75, 3.05) is 14.2 Å². The van der Waals surface area contributed by atoms with Gasteiger partial charge in [-0.3, -0.25) is 4.79 Å². The Morgan fingerprint density at radius 3 is 2.35 bits per heavy atom. The molecule has 0 unspecified atom stereocenters. The maximum absolute atomic E-state index is 12.7. The van der Waals surface area contributed by atoms with E-state index in [2.05, 4.69) is 5.32 Å². The Morgan fingerprint density at radius 2 is 1.76 bits per heavy atom. The number of hydrogen-bond acceptors (Lipinski definition) is 7. The maximum Gasteiger partial charge on any atom is 0.416 e. The fourth-order valence-corrected chi connectivity index (χ4v) is 3.32. The highest BCUT2D eigenvalue weighted by atomic mass is 19.4. The Balaban J connectivity index is 1.85. The molecule has 0 fully saturated rings. The number of nitrogens with one attached hydrogen (secondary N) is 1. The third kappa shape index (κ3) is 5.54. The highest BCUT2D eigenvalue weighted by Gasteiger charge is 2.31. The van der Waals surface area contributed by atoms with Gasteiger partial charge in [0.15, 0.2) is 6.10 Å². The fraction of sp³-hybridized carbons (Fsp3) is 0.261. The number of aliphatic hydroxyl groups excluding tert-OH is 1. The van der Waals surface area contributed by atoms with Crippen molar-refractivity contribution in [3.8, 4) is 5.75 Å². The first-order valence-corrected chi connectivity index (χ1v) is 9.87. The van der Waals surface area contributed by atoms with Crippen LogP contribution in [-0.2, 0) is 26.9 Å². The molecule has 3 rings (SSSR count). The van der Waals surface area contributed by atoms with E-state index in [1.165, 1.54) is 13.2 Å². The molecule has 0 saturated heterocycles. The van der Waals surface area contributed by atoms with Gasteiger partial charge in [-0.15, -0.1) is 0 Å². The lowest BCUT2D eigenvalue weighted by Crippen LogP contribution is -2.45. The zero-order valence-corrected chi connectivity index (χ0v) is 18.0. The predicted molar refractivity (Wildman–Crippen MR) is 113 cm³/mol. The van der Waals surface area contributed by atoms with E-state index in [1.54, 1.807) is 12.1 Å². The maximum atomic E-state index is 12.7. The first-order chi connectivity index (χ1) is 16.0. The summed E-state index contributed by atoms with van der Waals surface area (Å²) in [7, 11) is 2.53. The molecule has 34 heavy (non-hydrogen) atoms. The van der Waals surface area contributed by atoms with Crippen LogP contribution < -0.4 is 15.7 Å². The van der Waals surface area contributed by atoms with Crippen LogP contribution in [0.4, 0.5) is 13.2 Å². The topological polar surface area (TPSA) is 115 Å². The fourth-order valence-electron chi connectivity index (χ4n) is 3.32. The Morgan fingerprint density at radius 1 is 1.09 bits per heavy atom. The molecule has 0 aliphatic heterocycles. The normalized spacial score (nSPS) is 13.2. The van der Waals surface area contributed by atoms with Crippen LogP contribution in [0, 0.1) is 0 Å². The second-order valence-corrected chi connectivity index (χ2v) is 7.26. The minimum Gasteiger partial charge on any atom is -0.497 e. The van der Waals surface area contributed by atoms with Crippen LogP contribution >= 0.6 is 0 Å². The van der Waals surface area contributed by atoms with Gasteiger partial charge in [0.1, 0.15) is 17.4 Å². The van der Waals surface area contributed by atoms with Gasteiger partial charge in [0.2, 0.25) is 0 Å². The minimum absolute atomic E-state index is 0.105. The number of aliphatic hydroxyl groups is 1. The third-order valence-electron chi connectivity index (χ3n) is 5.07. The molecule has 3 aromatic rings. The van der Waals surface area contributed by atoms with Gasteiger partial charge in [-0.2, -0.15) is 13.2 Å². The van der Waals surface area contributed by atoms with Gasteiger partial charge in [0, 0.05) is 23.9 Å². The van der Waals surface area contributed by atoms with Crippen molar-refractivity contribution < 1.29 is 41.8 Å². The molecule has 180 valence electrons. The van der Waals surface area contributed by atoms with Gasteiger partial charge >= 0.3 is 17.8 Å². The highest BCUT2D eigenvalue weighted by Crippen LogP contribution is 2.30. The number of hydrogen-bond donors (Lipinski definition) is 2. The van der Waals surface area contributed by atoms with Crippen LogP contribution in [0.15, 0.2) is 57.7 Å². The summed E-state index contributed by atoms with van der Waals surface area (Å²) in [6.07, 6.45) is -6.61. The van der Waals surface area contributed by atoms with E-state index in [1.807, 2.05) is 0 Å². The summed E-state index contributed by atoms with van der Waals surface area (Å²) in [5, 5.41) is 13.1. The summed E-state index contributed by atoms with van der Waals surface area (Å²) < 4.78 is 53.2. The second-order valence-electron chi connectivity index (χ2n) is 7.26. The molecule has 2 N–H and O–H groups in total. The lowest BCUT2D eigenvalue weighted by atomic mass is 10.0. The largest absolute Gasteiger partial charge is 0.497 e. The number of amides is 1. The van der Waals surface area contributed by atoms with Crippen LogP contribution in [0.1, 0.15) is 22.8 Å². The third-order valence-corrected chi connectivity index (χ3v) is 5.07. The van der Waals surface area contributed by atoms with E-state index in [9.17, 15) is 32.7 Å².